The van der Waals surface area contributed by atoms with Crippen molar-refractivity contribution in [3.8, 4) is 0 Å². The molecule has 6 aliphatic rings. The summed E-state index contributed by atoms with van der Waals surface area (Å²) in [6.45, 7) is 3.25. The zero-order valence-electron chi connectivity index (χ0n) is 11.9. The minimum absolute atomic E-state index is 0.0289. The molecule has 0 aromatic carbocycles. The Kier molecular flexibility index (Phi) is 1.35. The van der Waals surface area contributed by atoms with Crippen LogP contribution in [0.1, 0.15) is 26.2 Å². The molecule has 0 unspecified atom stereocenters. The van der Waals surface area contributed by atoms with Crippen LogP contribution in [-0.2, 0) is 14.3 Å². The minimum atomic E-state index is -0.312. The third kappa shape index (κ3) is 0.615. The molecular weight excluding hydrogens is 254 g/mol. The van der Waals surface area contributed by atoms with E-state index in [0.717, 1.165) is 25.8 Å². The minimum Gasteiger partial charge on any atom is -0.494 e. The van der Waals surface area contributed by atoms with Crippen molar-refractivity contribution in [1.82, 2.24) is 4.90 Å². The van der Waals surface area contributed by atoms with Gasteiger partial charge >= 0.3 is 0 Å². The van der Waals surface area contributed by atoms with Gasteiger partial charge in [0.1, 0.15) is 17.8 Å². The first-order chi connectivity index (χ1) is 9.55. The van der Waals surface area contributed by atoms with E-state index in [2.05, 4.69) is 24.9 Å². The first-order valence-electron chi connectivity index (χ1n) is 7.81. The summed E-state index contributed by atoms with van der Waals surface area (Å²) in [5, 5.41) is 0. The van der Waals surface area contributed by atoms with E-state index < -0.39 is 0 Å². The summed E-state index contributed by atoms with van der Waals surface area (Å²) in [5.41, 5.74) is -0.0744. The molecule has 0 radical (unpaired) electrons. The SMILES string of the molecule is CN1CC[C@@]23[C@H]4C(=O)[C@H]5O[C@H]5[C@@]12CC[C@@]31C=CO[C@]41C. The highest BCUT2D eigenvalue weighted by Gasteiger charge is 2.96. The van der Waals surface area contributed by atoms with E-state index in [0.29, 0.717) is 5.78 Å². The topological polar surface area (TPSA) is 42.1 Å². The number of epoxide rings is 1. The number of hydrogen-bond donors (Lipinski definition) is 0. The van der Waals surface area contributed by atoms with Crippen LogP contribution in [0.3, 0.4) is 0 Å². The molecule has 0 aromatic rings. The molecule has 4 nitrogen and oxygen atoms in total. The highest BCUT2D eigenvalue weighted by molar-refractivity contribution is 5.95. The van der Waals surface area contributed by atoms with Crippen LogP contribution in [0.15, 0.2) is 12.3 Å². The van der Waals surface area contributed by atoms with E-state index in [1.54, 1.807) is 0 Å². The van der Waals surface area contributed by atoms with Crippen LogP contribution in [0.4, 0.5) is 0 Å². The van der Waals surface area contributed by atoms with Gasteiger partial charge in [0.05, 0.1) is 17.7 Å². The fraction of sp³-hybridized carbons (Fsp3) is 0.812. The smallest absolute Gasteiger partial charge is 0.172 e. The summed E-state index contributed by atoms with van der Waals surface area (Å²) in [6, 6.07) is 0. The number of likely N-dealkylation sites (tertiary alicyclic amines) is 1. The number of carbonyl (C=O) groups is 1. The molecule has 3 aliphatic carbocycles. The van der Waals surface area contributed by atoms with Crippen LogP contribution in [0.5, 0.6) is 0 Å². The number of hydrogen-bond acceptors (Lipinski definition) is 4. The van der Waals surface area contributed by atoms with Crippen LogP contribution >= 0.6 is 0 Å². The van der Waals surface area contributed by atoms with Crippen molar-refractivity contribution < 1.29 is 14.3 Å². The van der Waals surface area contributed by atoms with Gasteiger partial charge in [-0.15, -0.1) is 0 Å². The Morgan fingerprint density at radius 2 is 2.20 bits per heavy atom. The number of ether oxygens (including phenoxy) is 2. The summed E-state index contributed by atoms with van der Waals surface area (Å²) >= 11 is 0. The highest BCUT2D eigenvalue weighted by atomic mass is 16.6. The van der Waals surface area contributed by atoms with E-state index in [1.807, 2.05) is 6.26 Å². The molecule has 0 N–H and O–H groups in total. The van der Waals surface area contributed by atoms with Crippen molar-refractivity contribution in [2.24, 2.45) is 16.7 Å². The van der Waals surface area contributed by atoms with Crippen molar-refractivity contribution in [2.45, 2.75) is 49.5 Å². The van der Waals surface area contributed by atoms with Crippen LogP contribution in [0.25, 0.3) is 0 Å². The normalized spacial score (nSPS) is 67.9. The maximum atomic E-state index is 12.9. The molecule has 7 atom stereocenters. The van der Waals surface area contributed by atoms with Gasteiger partial charge in [-0.25, -0.2) is 0 Å². The van der Waals surface area contributed by atoms with Crippen molar-refractivity contribution in [1.29, 1.82) is 0 Å². The Labute approximate surface area is 118 Å². The lowest BCUT2D eigenvalue weighted by Crippen LogP contribution is -2.81. The second-order valence-corrected chi connectivity index (χ2v) is 7.88. The molecule has 20 heavy (non-hydrogen) atoms. The maximum absolute atomic E-state index is 12.9. The first-order valence-corrected chi connectivity index (χ1v) is 7.81. The Morgan fingerprint density at radius 1 is 1.35 bits per heavy atom. The molecule has 106 valence electrons. The highest BCUT2D eigenvalue weighted by Crippen LogP contribution is 2.87. The van der Waals surface area contributed by atoms with Gasteiger partial charge in [-0.1, -0.05) is 0 Å². The summed E-state index contributed by atoms with van der Waals surface area (Å²) in [5.74, 6) is 0.353. The average molecular weight is 273 g/mol. The average Bonchev–Trinajstić information content (AvgIpc) is 3.02. The van der Waals surface area contributed by atoms with Gasteiger partial charge in [0.15, 0.2) is 5.78 Å². The summed E-state index contributed by atoms with van der Waals surface area (Å²) in [7, 11) is 2.23. The fourth-order valence-electron chi connectivity index (χ4n) is 7.57. The summed E-state index contributed by atoms with van der Waals surface area (Å²) in [4.78, 5) is 15.4. The first kappa shape index (κ1) is 10.8. The van der Waals surface area contributed by atoms with Gasteiger partial charge in [-0.2, -0.15) is 0 Å². The van der Waals surface area contributed by atoms with Crippen LogP contribution < -0.4 is 0 Å². The lowest BCUT2D eigenvalue weighted by Gasteiger charge is -2.71. The van der Waals surface area contributed by atoms with Gasteiger partial charge in [-0.3, -0.25) is 9.69 Å². The molecule has 6 rings (SSSR count). The van der Waals surface area contributed by atoms with E-state index in [-0.39, 0.29) is 40.1 Å². The monoisotopic (exact) mass is 273 g/mol. The number of rotatable bonds is 0. The lowest BCUT2D eigenvalue weighted by atomic mass is 9.32. The van der Waals surface area contributed by atoms with E-state index >= 15 is 0 Å². The summed E-state index contributed by atoms with van der Waals surface area (Å²) < 4.78 is 11.9. The number of carbonyl (C=O) groups excluding carboxylic acids is 1. The molecule has 3 saturated carbocycles. The van der Waals surface area contributed by atoms with Crippen molar-refractivity contribution >= 4 is 5.78 Å². The Hall–Kier alpha value is -0.870. The van der Waals surface area contributed by atoms with Gasteiger partial charge in [-0.05, 0) is 45.9 Å². The molecule has 0 amide bonds. The number of ketones is 1. The molecule has 0 aromatic heterocycles. The molecular formula is C16H19NO3. The largest absolute Gasteiger partial charge is 0.494 e. The maximum Gasteiger partial charge on any atom is 0.172 e. The van der Waals surface area contributed by atoms with Crippen LogP contribution in [0, 0.1) is 16.7 Å². The molecule has 2 saturated heterocycles. The molecule has 2 spiro atoms. The molecule has 0 bridgehead atoms. The second kappa shape index (κ2) is 2.50. The van der Waals surface area contributed by atoms with E-state index in [1.165, 1.54) is 0 Å². The standard InChI is InChI=1S/C16H19NO3/c1-13-11-9(18)10-12(20-10)16-4-3-14(13,6-8-19-13)15(11,16)5-7-17(16)2/h6,8,10-12H,3-5,7H2,1-2H3/t10-,11+,12-,13-,14+,15+,16-/m1/s1. The lowest BCUT2D eigenvalue weighted by molar-refractivity contribution is -0.270. The molecule has 3 aliphatic heterocycles. The molecule has 4 heteroatoms. The van der Waals surface area contributed by atoms with Gasteiger partial charge in [0.25, 0.3) is 0 Å². The predicted octanol–water partition coefficient (Wildman–Crippen LogP) is 1.11. The third-order valence-electron chi connectivity index (χ3n) is 8.11. The number of fused-ring (bicyclic) bond motifs is 2. The number of Topliss-reactive ketones (excluding diaryl/α,β-unsaturated/α-hetero) is 1. The quantitative estimate of drug-likeness (QED) is 0.620. The van der Waals surface area contributed by atoms with Gasteiger partial charge in [0, 0.05) is 10.8 Å². The Bertz CT molecular complexity index is 617. The second-order valence-electron chi connectivity index (χ2n) is 7.88. The number of likely N-dealkylation sites (N-methyl/N-ethyl adjacent to an activating group) is 1. The Morgan fingerprint density at radius 3 is 3.05 bits per heavy atom. The Balaban J connectivity index is 1.70. The van der Waals surface area contributed by atoms with Crippen molar-refractivity contribution in [3.63, 3.8) is 0 Å². The fourth-order valence-corrected chi connectivity index (χ4v) is 7.57. The van der Waals surface area contributed by atoms with Crippen LogP contribution in [0.2, 0.25) is 0 Å². The van der Waals surface area contributed by atoms with Crippen LogP contribution in [-0.4, -0.2) is 47.6 Å². The van der Waals surface area contributed by atoms with Gasteiger partial charge < -0.3 is 9.47 Å². The van der Waals surface area contributed by atoms with E-state index in [4.69, 9.17) is 9.47 Å². The van der Waals surface area contributed by atoms with Crippen molar-refractivity contribution in [3.05, 3.63) is 12.3 Å². The zero-order valence-corrected chi connectivity index (χ0v) is 11.9. The predicted molar refractivity (Wildman–Crippen MR) is 69.9 cm³/mol. The number of nitrogens with zero attached hydrogens (tertiary/aromatic N) is 1. The van der Waals surface area contributed by atoms with E-state index in [9.17, 15) is 4.79 Å². The van der Waals surface area contributed by atoms with Crippen molar-refractivity contribution in [2.75, 3.05) is 13.6 Å². The third-order valence-corrected chi connectivity index (χ3v) is 8.11. The zero-order chi connectivity index (χ0) is 13.5. The van der Waals surface area contributed by atoms with Gasteiger partial charge in [0.2, 0.25) is 0 Å². The summed E-state index contributed by atoms with van der Waals surface area (Å²) in [6.07, 6.45) is 7.58. The molecule has 5 fully saturated rings. The molecule has 3 heterocycles.